The predicted molar refractivity (Wildman–Crippen MR) is 50.0 cm³/mol. The van der Waals surface area contributed by atoms with Crippen LogP contribution in [-0.4, -0.2) is 0 Å². The van der Waals surface area contributed by atoms with Crippen molar-refractivity contribution in [1.82, 2.24) is 0 Å². The first-order valence-corrected chi connectivity index (χ1v) is 4.81. The number of hydrogen-bond acceptors (Lipinski definition) is 0. The van der Waals surface area contributed by atoms with Crippen molar-refractivity contribution >= 4 is 0 Å². The fraction of sp³-hybridized carbons (Fsp3) is 0.455. The molecule has 0 heterocycles. The fourth-order valence-corrected chi connectivity index (χ4v) is 1.36. The average Bonchev–Trinajstić information content (AvgIpc) is 2.14. The van der Waals surface area contributed by atoms with Crippen LogP contribution >= 0.6 is 0 Å². The van der Waals surface area contributed by atoms with Gasteiger partial charge in [-0.05, 0) is 24.5 Å². The van der Waals surface area contributed by atoms with Crippen molar-refractivity contribution in [3.63, 3.8) is 0 Å². The van der Waals surface area contributed by atoms with Crippen molar-refractivity contribution in [3.05, 3.63) is 35.1 Å². The minimum absolute atomic E-state index is 0.145. The highest BCUT2D eigenvalue weighted by atomic mass is 19.4. The Morgan fingerprint density at radius 3 is 2.40 bits per heavy atom. The van der Waals surface area contributed by atoms with Crippen LogP contribution < -0.4 is 0 Å². The molecule has 0 aliphatic rings. The largest absolute Gasteiger partial charge is 0.419 e. The molecule has 15 heavy (non-hydrogen) atoms. The molecule has 1 aromatic carbocycles. The Kier molecular flexibility index (Phi) is 3.72. The lowest BCUT2D eigenvalue weighted by Crippen LogP contribution is -2.09. The van der Waals surface area contributed by atoms with Gasteiger partial charge in [0.1, 0.15) is 5.82 Å². The molecule has 0 aliphatic heterocycles. The van der Waals surface area contributed by atoms with E-state index >= 15 is 0 Å². The van der Waals surface area contributed by atoms with Gasteiger partial charge >= 0.3 is 6.18 Å². The normalized spacial score (nSPS) is 11.8. The van der Waals surface area contributed by atoms with E-state index < -0.39 is 17.6 Å². The molecule has 84 valence electrons. The van der Waals surface area contributed by atoms with E-state index in [0.717, 1.165) is 12.5 Å². The second-order valence-corrected chi connectivity index (χ2v) is 3.38. The quantitative estimate of drug-likeness (QED) is 0.670. The highest BCUT2D eigenvalue weighted by Crippen LogP contribution is 2.32. The number of hydrogen-bond donors (Lipinski definition) is 0. The standard InChI is InChI=1S/C11H12F4/c1-2-3-5-8-6-4-7-9(10(8)12)11(13,14)15/h4,6-7H,2-3,5H2,1H3. The molecule has 0 bridgehead atoms. The fourth-order valence-electron chi connectivity index (χ4n) is 1.36. The van der Waals surface area contributed by atoms with Crippen LogP contribution in [0.25, 0.3) is 0 Å². The third-order valence-electron chi connectivity index (χ3n) is 2.18. The molecular formula is C11H12F4. The lowest BCUT2D eigenvalue weighted by atomic mass is 10.0. The van der Waals surface area contributed by atoms with Crippen LogP contribution in [0.2, 0.25) is 0 Å². The number of halogens is 4. The monoisotopic (exact) mass is 220 g/mol. The highest BCUT2D eigenvalue weighted by Gasteiger charge is 2.34. The number of aryl methyl sites for hydroxylation is 1. The summed E-state index contributed by atoms with van der Waals surface area (Å²) in [7, 11) is 0. The Hall–Kier alpha value is -1.06. The molecule has 0 N–H and O–H groups in total. The Morgan fingerprint density at radius 1 is 1.20 bits per heavy atom. The van der Waals surface area contributed by atoms with E-state index in [9.17, 15) is 17.6 Å². The first kappa shape index (κ1) is 12.0. The van der Waals surface area contributed by atoms with E-state index in [1.165, 1.54) is 12.1 Å². The molecule has 0 nitrogen and oxygen atoms in total. The van der Waals surface area contributed by atoms with Crippen molar-refractivity contribution in [2.45, 2.75) is 32.4 Å². The number of benzene rings is 1. The first-order valence-electron chi connectivity index (χ1n) is 4.81. The smallest absolute Gasteiger partial charge is 0.206 e. The molecule has 4 heteroatoms. The van der Waals surface area contributed by atoms with E-state index in [1.807, 2.05) is 6.92 Å². The number of rotatable bonds is 3. The van der Waals surface area contributed by atoms with Crippen molar-refractivity contribution < 1.29 is 17.6 Å². The Balaban J connectivity index is 3.01. The molecule has 0 atom stereocenters. The van der Waals surface area contributed by atoms with Gasteiger partial charge in [-0.1, -0.05) is 25.5 Å². The van der Waals surface area contributed by atoms with Crippen LogP contribution in [0.15, 0.2) is 18.2 Å². The van der Waals surface area contributed by atoms with Crippen molar-refractivity contribution in [3.8, 4) is 0 Å². The number of unbranched alkanes of at least 4 members (excludes halogenated alkanes) is 1. The van der Waals surface area contributed by atoms with Gasteiger partial charge < -0.3 is 0 Å². The van der Waals surface area contributed by atoms with Crippen LogP contribution in [0.1, 0.15) is 30.9 Å². The van der Waals surface area contributed by atoms with Gasteiger partial charge in [0, 0.05) is 0 Å². The third-order valence-corrected chi connectivity index (χ3v) is 2.18. The van der Waals surface area contributed by atoms with E-state index in [0.29, 0.717) is 12.8 Å². The minimum atomic E-state index is -4.60. The van der Waals surface area contributed by atoms with Crippen LogP contribution in [0.5, 0.6) is 0 Å². The molecule has 0 radical (unpaired) electrons. The lowest BCUT2D eigenvalue weighted by Gasteiger charge is -2.10. The maximum atomic E-state index is 13.4. The zero-order chi connectivity index (χ0) is 11.5. The van der Waals surface area contributed by atoms with Gasteiger partial charge in [0.05, 0.1) is 5.56 Å². The Bertz CT molecular complexity index is 328. The summed E-state index contributed by atoms with van der Waals surface area (Å²) in [4.78, 5) is 0. The third kappa shape index (κ3) is 2.94. The summed E-state index contributed by atoms with van der Waals surface area (Å²) >= 11 is 0. The van der Waals surface area contributed by atoms with Crippen molar-refractivity contribution in [2.75, 3.05) is 0 Å². The van der Waals surface area contributed by atoms with Crippen LogP contribution in [0.3, 0.4) is 0 Å². The van der Waals surface area contributed by atoms with Gasteiger partial charge in [-0.2, -0.15) is 13.2 Å². The van der Waals surface area contributed by atoms with Gasteiger partial charge in [0.2, 0.25) is 0 Å². The van der Waals surface area contributed by atoms with Gasteiger partial charge in [-0.3, -0.25) is 0 Å². The maximum Gasteiger partial charge on any atom is 0.419 e. The lowest BCUT2D eigenvalue weighted by molar-refractivity contribution is -0.140. The van der Waals surface area contributed by atoms with Crippen LogP contribution in [0.4, 0.5) is 17.6 Å². The zero-order valence-electron chi connectivity index (χ0n) is 8.37. The van der Waals surface area contributed by atoms with Crippen LogP contribution in [-0.2, 0) is 12.6 Å². The molecular weight excluding hydrogens is 208 g/mol. The molecule has 0 saturated carbocycles. The van der Waals surface area contributed by atoms with Crippen molar-refractivity contribution in [1.29, 1.82) is 0 Å². The highest BCUT2D eigenvalue weighted by molar-refractivity contribution is 5.28. The predicted octanol–water partition coefficient (Wildman–Crippen LogP) is 4.19. The molecule has 0 unspecified atom stereocenters. The summed E-state index contributed by atoms with van der Waals surface area (Å²) in [6.07, 6.45) is -2.73. The van der Waals surface area contributed by atoms with Gasteiger partial charge in [-0.25, -0.2) is 4.39 Å². The molecule has 0 spiro atoms. The van der Waals surface area contributed by atoms with Crippen molar-refractivity contribution in [2.24, 2.45) is 0 Å². The second kappa shape index (κ2) is 4.64. The minimum Gasteiger partial charge on any atom is -0.206 e. The molecule has 0 saturated heterocycles. The summed E-state index contributed by atoms with van der Waals surface area (Å²) in [6.45, 7) is 1.91. The summed E-state index contributed by atoms with van der Waals surface area (Å²) < 4.78 is 50.3. The molecule has 1 rings (SSSR count). The summed E-state index contributed by atoms with van der Waals surface area (Å²) in [5.74, 6) is -1.13. The Labute approximate surface area is 85.9 Å². The van der Waals surface area contributed by atoms with E-state index in [2.05, 4.69) is 0 Å². The number of alkyl halides is 3. The molecule has 0 aromatic heterocycles. The molecule has 1 aromatic rings. The van der Waals surface area contributed by atoms with Gasteiger partial charge in [-0.15, -0.1) is 0 Å². The first-order chi connectivity index (χ1) is 6.96. The topological polar surface area (TPSA) is 0 Å². The summed E-state index contributed by atoms with van der Waals surface area (Å²) in [5.41, 5.74) is -1.03. The van der Waals surface area contributed by atoms with Crippen LogP contribution in [0, 0.1) is 5.82 Å². The molecule has 0 fully saturated rings. The van der Waals surface area contributed by atoms with Gasteiger partial charge in [0.15, 0.2) is 0 Å². The van der Waals surface area contributed by atoms with E-state index in [4.69, 9.17) is 0 Å². The zero-order valence-corrected chi connectivity index (χ0v) is 8.37. The van der Waals surface area contributed by atoms with Gasteiger partial charge in [0.25, 0.3) is 0 Å². The maximum absolute atomic E-state index is 13.4. The summed E-state index contributed by atoms with van der Waals surface area (Å²) in [6, 6.07) is 3.42. The average molecular weight is 220 g/mol. The van der Waals surface area contributed by atoms with E-state index in [1.54, 1.807) is 0 Å². The molecule has 0 aliphatic carbocycles. The van der Waals surface area contributed by atoms with E-state index in [-0.39, 0.29) is 5.56 Å². The Morgan fingerprint density at radius 2 is 1.87 bits per heavy atom. The second-order valence-electron chi connectivity index (χ2n) is 3.38. The molecule has 0 amide bonds. The SMILES string of the molecule is CCCCc1cccc(C(F)(F)F)c1F. The summed E-state index contributed by atoms with van der Waals surface area (Å²) in [5, 5.41) is 0.